The van der Waals surface area contributed by atoms with Gasteiger partial charge in [0.15, 0.2) is 18.1 Å². The van der Waals surface area contributed by atoms with E-state index in [0.29, 0.717) is 22.9 Å². The quantitative estimate of drug-likeness (QED) is 0.192. The van der Waals surface area contributed by atoms with E-state index < -0.39 is 57.9 Å². The number of aromatic nitrogens is 1. The fraction of sp³-hybridized carbons (Fsp3) is 0.333. The van der Waals surface area contributed by atoms with Crippen LogP contribution in [0.25, 0.3) is 0 Å². The highest BCUT2D eigenvalue weighted by molar-refractivity contribution is 8.00. The lowest BCUT2D eigenvalue weighted by molar-refractivity contribution is -0.137. The molecule has 2 bridgehead atoms. The summed E-state index contributed by atoms with van der Waals surface area (Å²) in [6, 6.07) is 14.9. The molecular formula is C36H31F3N4O8S3. The first kappa shape index (κ1) is 36.3. The fourth-order valence-electron chi connectivity index (χ4n) is 8.64. The lowest BCUT2D eigenvalue weighted by Gasteiger charge is -2.43. The fourth-order valence-corrected chi connectivity index (χ4v) is 12.0. The summed E-state index contributed by atoms with van der Waals surface area (Å²) in [5, 5.41) is 8.28. The number of sulfonamides is 1. The number of alkyl halides is 3. The molecule has 3 amide bonds. The van der Waals surface area contributed by atoms with E-state index in [1.807, 2.05) is 6.07 Å². The number of carbonyl (C=O) groups excluding carboxylic acids is 3. The monoisotopic (exact) mass is 800 g/mol. The van der Waals surface area contributed by atoms with Gasteiger partial charge in [0.05, 0.1) is 39.6 Å². The first-order valence-corrected chi connectivity index (χ1v) is 20.1. The van der Waals surface area contributed by atoms with Crippen LogP contribution < -0.4 is 29.7 Å². The number of imide groups is 1. The molecule has 4 aliphatic rings. The van der Waals surface area contributed by atoms with Crippen molar-refractivity contribution in [1.82, 2.24) is 4.98 Å². The van der Waals surface area contributed by atoms with Crippen LogP contribution in [0.15, 0.2) is 81.4 Å². The number of benzene rings is 3. The topological polar surface area (TPSA) is 178 Å². The molecule has 54 heavy (non-hydrogen) atoms. The molecule has 12 nitrogen and oxygen atoms in total. The van der Waals surface area contributed by atoms with Crippen LogP contribution in [0.4, 0.5) is 24.5 Å². The number of amides is 3. The third-order valence-electron chi connectivity index (χ3n) is 10.6. The minimum absolute atomic E-state index is 0.102. The van der Waals surface area contributed by atoms with Gasteiger partial charge in [0.2, 0.25) is 21.8 Å². The minimum atomic E-state index is -4.65. The number of halogens is 3. The molecule has 0 unspecified atom stereocenters. The van der Waals surface area contributed by atoms with Crippen molar-refractivity contribution in [2.75, 3.05) is 23.4 Å². The Morgan fingerprint density at radius 1 is 0.981 bits per heavy atom. The third-order valence-corrected chi connectivity index (χ3v) is 14.1. The predicted molar refractivity (Wildman–Crippen MR) is 192 cm³/mol. The number of hydrogen-bond donors (Lipinski definition) is 3. The maximum Gasteiger partial charge on any atom is 0.416 e. The van der Waals surface area contributed by atoms with Crippen LogP contribution in [0.5, 0.6) is 11.5 Å². The number of thioether (sulfide) groups is 1. The summed E-state index contributed by atoms with van der Waals surface area (Å²) in [6.45, 7) is 1.64. The second-order valence-corrected chi connectivity index (χ2v) is 17.3. The van der Waals surface area contributed by atoms with Crippen LogP contribution in [-0.4, -0.2) is 49.6 Å². The molecule has 7 atom stereocenters. The summed E-state index contributed by atoms with van der Waals surface area (Å²) in [5.74, 6) is -3.43. The number of H-pyrrole nitrogens is 1. The Balaban J connectivity index is 1.07. The summed E-state index contributed by atoms with van der Waals surface area (Å²) >= 11 is 2.56. The zero-order chi connectivity index (χ0) is 38.3. The lowest BCUT2D eigenvalue weighted by atomic mass is 9.68. The average Bonchev–Trinajstić information content (AvgIpc) is 3.86. The van der Waals surface area contributed by atoms with Gasteiger partial charge in [-0.25, -0.2) is 13.6 Å². The molecule has 2 aliphatic carbocycles. The second kappa shape index (κ2) is 13.3. The van der Waals surface area contributed by atoms with Crippen molar-refractivity contribution in [2.24, 2.45) is 34.7 Å². The number of thiazole rings is 1. The van der Waals surface area contributed by atoms with Gasteiger partial charge in [-0.1, -0.05) is 23.5 Å². The molecule has 4 aromatic rings. The van der Waals surface area contributed by atoms with E-state index in [9.17, 15) is 40.8 Å². The Morgan fingerprint density at radius 3 is 2.39 bits per heavy atom. The molecule has 0 spiro atoms. The van der Waals surface area contributed by atoms with Gasteiger partial charge in [0, 0.05) is 21.7 Å². The van der Waals surface area contributed by atoms with Gasteiger partial charge in [-0.15, -0.1) is 11.8 Å². The SMILES string of the molecule is CCOc1cc([C@@H]2c3sc(=O)[nH]c3S[C@@H]3[C@@H]4C[C@@H]([C@@H]5C(=O)N(c6cccc(C(F)(F)F)c6)C(=O)[C@@H]45)[C@H]23)ccc1OCC(=O)Nc1ccc(S(N)(=O)=O)cc1. The number of aromatic amines is 1. The molecule has 1 aromatic heterocycles. The zero-order valence-electron chi connectivity index (χ0n) is 28.2. The van der Waals surface area contributed by atoms with E-state index >= 15 is 0 Å². The molecule has 3 heterocycles. The van der Waals surface area contributed by atoms with Crippen LogP contribution in [0, 0.1) is 29.6 Å². The highest BCUT2D eigenvalue weighted by atomic mass is 32.2. The van der Waals surface area contributed by atoms with Crippen molar-refractivity contribution in [2.45, 2.75) is 40.6 Å². The molecule has 282 valence electrons. The van der Waals surface area contributed by atoms with Crippen LogP contribution >= 0.6 is 23.1 Å². The summed E-state index contributed by atoms with van der Waals surface area (Å²) in [5.41, 5.74) is 0.0481. The first-order chi connectivity index (χ1) is 25.6. The van der Waals surface area contributed by atoms with Crippen LogP contribution in [-0.2, 0) is 30.6 Å². The van der Waals surface area contributed by atoms with Gasteiger partial charge in [0.1, 0.15) is 0 Å². The number of nitrogens with one attached hydrogen (secondary N) is 2. The Hall–Kier alpha value is -4.65. The summed E-state index contributed by atoms with van der Waals surface area (Å²) in [4.78, 5) is 57.7. The predicted octanol–water partition coefficient (Wildman–Crippen LogP) is 5.20. The second-order valence-electron chi connectivity index (χ2n) is 13.6. The van der Waals surface area contributed by atoms with E-state index in [1.54, 1.807) is 19.1 Å². The number of nitrogens with zero attached hydrogens (tertiary/aromatic N) is 1. The number of hydrogen-bond acceptors (Lipinski definition) is 10. The first-order valence-electron chi connectivity index (χ1n) is 16.9. The smallest absolute Gasteiger partial charge is 0.416 e. The van der Waals surface area contributed by atoms with E-state index in [1.165, 1.54) is 48.2 Å². The number of ether oxygens (including phenoxy) is 2. The van der Waals surface area contributed by atoms with Gasteiger partial charge >= 0.3 is 11.0 Å². The third kappa shape index (κ3) is 6.17. The zero-order valence-corrected chi connectivity index (χ0v) is 30.6. The number of anilines is 2. The molecular weight excluding hydrogens is 770 g/mol. The number of carbonyl (C=O) groups is 3. The highest BCUT2D eigenvalue weighted by Gasteiger charge is 2.69. The van der Waals surface area contributed by atoms with E-state index in [-0.39, 0.29) is 56.7 Å². The molecule has 18 heteroatoms. The molecule has 3 aromatic carbocycles. The highest BCUT2D eigenvalue weighted by Crippen LogP contribution is 2.69. The van der Waals surface area contributed by atoms with Crippen molar-refractivity contribution in [3.63, 3.8) is 0 Å². The van der Waals surface area contributed by atoms with Gasteiger partial charge in [0.25, 0.3) is 5.91 Å². The molecule has 1 saturated heterocycles. The summed E-state index contributed by atoms with van der Waals surface area (Å²) < 4.78 is 75.6. The molecule has 3 fully saturated rings. The van der Waals surface area contributed by atoms with Crippen LogP contribution in [0.3, 0.4) is 0 Å². The largest absolute Gasteiger partial charge is 0.490 e. The Morgan fingerprint density at radius 2 is 1.70 bits per heavy atom. The van der Waals surface area contributed by atoms with E-state index in [2.05, 4.69) is 10.3 Å². The normalized spacial score (nSPS) is 25.6. The molecule has 2 saturated carbocycles. The van der Waals surface area contributed by atoms with Gasteiger partial charge in [-0.3, -0.25) is 24.1 Å². The van der Waals surface area contributed by atoms with Crippen molar-refractivity contribution in [3.05, 3.63) is 92.4 Å². The standard InChI is InChI=1S/C36H31F3N4O8S3/c1-2-50-24-12-16(6-11-23(24)51-15-25(44)41-18-7-9-20(10-8-18)54(40,48)49)26-27-21-14-22(30(27)52-32-31(26)53-35(47)42-32)29-28(21)33(45)43(34(29)46)19-5-3-4-17(13-19)36(37,38)39/h3-13,21-22,26-30H,2,14-15H2,1H3,(H,41,44)(H,42,47)(H2,40,48,49)/t21-,22-,26+,27-,28+,29+,30-/m1/s1. The van der Waals surface area contributed by atoms with Gasteiger partial charge in [-0.05, 0) is 91.3 Å². The Labute approximate surface area is 314 Å². The van der Waals surface area contributed by atoms with Crippen LogP contribution in [0.1, 0.15) is 35.3 Å². The molecule has 8 rings (SSSR count). The number of primary sulfonamides is 1. The lowest BCUT2D eigenvalue weighted by Crippen LogP contribution is -2.42. The van der Waals surface area contributed by atoms with Crippen molar-refractivity contribution in [3.8, 4) is 11.5 Å². The molecule has 4 N–H and O–H groups in total. The van der Waals surface area contributed by atoms with Crippen molar-refractivity contribution in [1.29, 1.82) is 0 Å². The number of rotatable bonds is 9. The molecule has 2 aliphatic heterocycles. The average molecular weight is 801 g/mol. The van der Waals surface area contributed by atoms with E-state index in [0.717, 1.165) is 38.8 Å². The summed E-state index contributed by atoms with van der Waals surface area (Å²) in [6.07, 6.45) is -4.07. The summed E-state index contributed by atoms with van der Waals surface area (Å²) in [7, 11) is -3.90. The number of fused-ring (bicyclic) bond motifs is 9. The van der Waals surface area contributed by atoms with Gasteiger partial charge < -0.3 is 19.8 Å². The van der Waals surface area contributed by atoms with Gasteiger partial charge in [-0.2, -0.15) is 13.2 Å². The number of nitrogens with two attached hydrogens (primary N) is 1. The maximum atomic E-state index is 14.1. The van der Waals surface area contributed by atoms with Crippen LogP contribution in [0.2, 0.25) is 0 Å². The van der Waals surface area contributed by atoms with Crippen molar-refractivity contribution < 1.29 is 45.4 Å². The van der Waals surface area contributed by atoms with E-state index in [4.69, 9.17) is 14.6 Å². The maximum absolute atomic E-state index is 14.1. The van der Waals surface area contributed by atoms with Crippen molar-refractivity contribution >= 4 is 62.2 Å². The Bertz CT molecular complexity index is 2360. The Kier molecular flexibility index (Phi) is 8.93. The molecule has 0 radical (unpaired) electrons. The minimum Gasteiger partial charge on any atom is -0.490 e.